The van der Waals surface area contributed by atoms with Crippen molar-refractivity contribution in [3.05, 3.63) is 47.3 Å². The fraction of sp³-hybridized carbons (Fsp3) is 0.250. The van der Waals surface area contributed by atoms with Crippen molar-refractivity contribution in [3.8, 4) is 0 Å². The van der Waals surface area contributed by atoms with Gasteiger partial charge in [-0.25, -0.2) is 19.7 Å². The number of aromatic amines is 1. The number of thiazole rings is 1. The molecule has 1 saturated carbocycles. The number of aromatic nitrogens is 5. The Hall–Kier alpha value is -2.74. The van der Waals surface area contributed by atoms with Gasteiger partial charge in [-0.15, -0.1) is 0 Å². The first-order valence-corrected chi connectivity index (χ1v) is 8.62. The van der Waals surface area contributed by atoms with Crippen LogP contribution in [0.3, 0.4) is 0 Å². The standard InChI is InChI=1S/C16H14N6OS/c23-16-21-12-7-17-8-18-14(12)22(16)10-5-9(6-10)19-15-20-11-3-1-2-4-13(11)24-15/h1-4,7-10H,5-6H2,(H,19,20)(H,21,23)/t9-,10-. The summed E-state index contributed by atoms with van der Waals surface area (Å²) in [5.41, 5.74) is 2.27. The molecule has 0 amide bonds. The van der Waals surface area contributed by atoms with Crippen LogP contribution in [0.25, 0.3) is 21.4 Å². The molecule has 0 spiro atoms. The summed E-state index contributed by atoms with van der Waals surface area (Å²) in [4.78, 5) is 27.8. The lowest BCUT2D eigenvalue weighted by Gasteiger charge is -2.36. The highest BCUT2D eigenvalue weighted by molar-refractivity contribution is 7.22. The number of hydrogen-bond donors (Lipinski definition) is 2. The molecule has 0 radical (unpaired) electrons. The Labute approximate surface area is 140 Å². The van der Waals surface area contributed by atoms with Crippen LogP contribution < -0.4 is 11.0 Å². The first-order chi connectivity index (χ1) is 11.8. The molecule has 0 atom stereocenters. The van der Waals surface area contributed by atoms with Gasteiger partial charge in [0.05, 0.1) is 16.4 Å². The molecule has 3 aromatic heterocycles. The van der Waals surface area contributed by atoms with Gasteiger partial charge >= 0.3 is 5.69 Å². The minimum atomic E-state index is -0.117. The number of hydrogen-bond acceptors (Lipinski definition) is 6. The minimum Gasteiger partial charge on any atom is -0.359 e. The zero-order chi connectivity index (χ0) is 16.1. The molecule has 24 heavy (non-hydrogen) atoms. The van der Waals surface area contributed by atoms with E-state index >= 15 is 0 Å². The third-order valence-electron chi connectivity index (χ3n) is 4.48. The fourth-order valence-electron chi connectivity index (χ4n) is 3.24. The lowest BCUT2D eigenvalue weighted by molar-refractivity contribution is 0.282. The lowest BCUT2D eigenvalue weighted by atomic mass is 9.86. The molecule has 4 aromatic rings. The Morgan fingerprint density at radius 1 is 1.29 bits per heavy atom. The van der Waals surface area contributed by atoms with Crippen LogP contribution in [0.15, 0.2) is 41.6 Å². The van der Waals surface area contributed by atoms with E-state index in [0.717, 1.165) is 23.5 Å². The monoisotopic (exact) mass is 338 g/mol. The number of anilines is 1. The van der Waals surface area contributed by atoms with Crippen LogP contribution in [-0.4, -0.2) is 30.5 Å². The highest BCUT2D eigenvalue weighted by Crippen LogP contribution is 2.36. The predicted octanol–water partition coefficient (Wildman–Crippen LogP) is 2.54. The summed E-state index contributed by atoms with van der Waals surface area (Å²) < 4.78 is 2.92. The molecule has 1 aromatic carbocycles. The molecule has 8 heteroatoms. The van der Waals surface area contributed by atoms with Crippen LogP contribution in [0.4, 0.5) is 5.13 Å². The second-order valence-electron chi connectivity index (χ2n) is 6.01. The van der Waals surface area contributed by atoms with Crippen LogP contribution in [0, 0.1) is 0 Å². The van der Waals surface area contributed by atoms with Gasteiger partial charge in [0.15, 0.2) is 10.8 Å². The van der Waals surface area contributed by atoms with Gasteiger partial charge < -0.3 is 10.3 Å². The molecular formula is C16H14N6OS. The van der Waals surface area contributed by atoms with Crippen molar-refractivity contribution >= 4 is 37.8 Å². The Bertz CT molecular complexity index is 1060. The second-order valence-corrected chi connectivity index (χ2v) is 7.04. The van der Waals surface area contributed by atoms with Crippen molar-refractivity contribution in [2.75, 3.05) is 5.32 Å². The van der Waals surface area contributed by atoms with Gasteiger partial charge in [-0.05, 0) is 25.0 Å². The first-order valence-electron chi connectivity index (χ1n) is 7.80. The summed E-state index contributed by atoms with van der Waals surface area (Å²) in [5.74, 6) is 0. The summed E-state index contributed by atoms with van der Waals surface area (Å²) in [6.45, 7) is 0. The Morgan fingerprint density at radius 2 is 2.17 bits per heavy atom. The largest absolute Gasteiger partial charge is 0.359 e. The molecule has 3 heterocycles. The van der Waals surface area contributed by atoms with E-state index < -0.39 is 0 Å². The van der Waals surface area contributed by atoms with Crippen LogP contribution in [0.1, 0.15) is 18.9 Å². The van der Waals surface area contributed by atoms with Crippen molar-refractivity contribution in [3.63, 3.8) is 0 Å². The molecule has 2 N–H and O–H groups in total. The average molecular weight is 338 g/mol. The molecule has 0 saturated heterocycles. The van der Waals surface area contributed by atoms with Gasteiger partial charge in [0, 0.05) is 12.1 Å². The molecule has 0 unspecified atom stereocenters. The lowest BCUT2D eigenvalue weighted by Crippen LogP contribution is -2.40. The molecule has 1 aliphatic carbocycles. The molecule has 120 valence electrons. The third-order valence-corrected chi connectivity index (χ3v) is 5.45. The van der Waals surface area contributed by atoms with E-state index in [4.69, 9.17) is 0 Å². The maximum absolute atomic E-state index is 12.2. The quantitative estimate of drug-likeness (QED) is 0.599. The second kappa shape index (κ2) is 5.13. The van der Waals surface area contributed by atoms with E-state index in [0.29, 0.717) is 17.2 Å². The van der Waals surface area contributed by atoms with Crippen molar-refractivity contribution in [2.24, 2.45) is 0 Å². The number of fused-ring (bicyclic) bond motifs is 2. The third kappa shape index (κ3) is 2.10. The molecule has 7 nitrogen and oxygen atoms in total. The number of rotatable bonds is 3. The van der Waals surface area contributed by atoms with E-state index in [-0.39, 0.29) is 11.7 Å². The molecular weight excluding hydrogens is 324 g/mol. The van der Waals surface area contributed by atoms with Crippen LogP contribution in [0.2, 0.25) is 0 Å². The number of para-hydroxylation sites is 1. The Morgan fingerprint density at radius 3 is 3.04 bits per heavy atom. The van der Waals surface area contributed by atoms with Gasteiger partial charge in [0.25, 0.3) is 0 Å². The van der Waals surface area contributed by atoms with E-state index in [1.54, 1.807) is 22.1 Å². The van der Waals surface area contributed by atoms with Gasteiger partial charge in [0.2, 0.25) is 0 Å². The van der Waals surface area contributed by atoms with Crippen molar-refractivity contribution in [1.82, 2.24) is 24.5 Å². The maximum Gasteiger partial charge on any atom is 0.327 e. The SMILES string of the molecule is O=c1[nH]c2cncnc2n1[C@H]1C[C@H](Nc2nc3ccccc3s2)C1. The summed E-state index contributed by atoms with van der Waals surface area (Å²) in [7, 11) is 0. The number of H-pyrrole nitrogens is 1. The van der Waals surface area contributed by atoms with Crippen molar-refractivity contribution < 1.29 is 0 Å². The molecule has 5 rings (SSSR count). The average Bonchev–Trinajstić information content (AvgIpc) is 3.10. The summed E-state index contributed by atoms with van der Waals surface area (Å²) in [5, 5.41) is 4.41. The summed E-state index contributed by atoms with van der Waals surface area (Å²) >= 11 is 1.66. The highest BCUT2D eigenvalue weighted by Gasteiger charge is 2.33. The molecule has 0 aliphatic heterocycles. The summed E-state index contributed by atoms with van der Waals surface area (Å²) in [6, 6.07) is 8.60. The first kappa shape index (κ1) is 13.7. The van der Waals surface area contributed by atoms with E-state index in [9.17, 15) is 4.79 Å². The summed E-state index contributed by atoms with van der Waals surface area (Å²) in [6.07, 6.45) is 4.87. The van der Waals surface area contributed by atoms with Crippen LogP contribution >= 0.6 is 11.3 Å². The van der Waals surface area contributed by atoms with Crippen LogP contribution in [0.5, 0.6) is 0 Å². The van der Waals surface area contributed by atoms with Crippen LogP contribution in [-0.2, 0) is 0 Å². The fourth-order valence-corrected chi connectivity index (χ4v) is 4.18. The molecule has 1 aliphatic rings. The Kier molecular flexibility index (Phi) is 2.93. The zero-order valence-electron chi connectivity index (χ0n) is 12.6. The minimum absolute atomic E-state index is 0.117. The number of benzene rings is 1. The topological polar surface area (TPSA) is 88.5 Å². The van der Waals surface area contributed by atoms with E-state index in [2.05, 4.69) is 31.3 Å². The number of imidazole rings is 1. The van der Waals surface area contributed by atoms with Crippen molar-refractivity contribution in [2.45, 2.75) is 24.9 Å². The highest BCUT2D eigenvalue weighted by atomic mass is 32.1. The number of nitrogens with one attached hydrogen (secondary N) is 2. The zero-order valence-corrected chi connectivity index (χ0v) is 13.5. The normalized spacial score (nSPS) is 20.3. The van der Waals surface area contributed by atoms with Gasteiger partial charge in [-0.1, -0.05) is 23.5 Å². The van der Waals surface area contributed by atoms with Crippen molar-refractivity contribution in [1.29, 1.82) is 0 Å². The van der Waals surface area contributed by atoms with Gasteiger partial charge in [-0.2, -0.15) is 0 Å². The Balaban J connectivity index is 1.34. The smallest absolute Gasteiger partial charge is 0.327 e. The predicted molar refractivity (Wildman–Crippen MR) is 93.5 cm³/mol. The molecule has 0 bridgehead atoms. The number of nitrogens with zero attached hydrogens (tertiary/aromatic N) is 4. The van der Waals surface area contributed by atoms with E-state index in [1.165, 1.54) is 11.0 Å². The van der Waals surface area contributed by atoms with Gasteiger partial charge in [0.1, 0.15) is 11.8 Å². The van der Waals surface area contributed by atoms with Gasteiger partial charge in [-0.3, -0.25) is 4.57 Å². The van der Waals surface area contributed by atoms with E-state index in [1.807, 2.05) is 18.2 Å². The molecule has 1 fully saturated rings. The maximum atomic E-state index is 12.2.